The Morgan fingerprint density at radius 3 is 2.62 bits per heavy atom. The van der Waals surface area contributed by atoms with Crippen LogP contribution in [0, 0.1) is 5.92 Å². The Balaban J connectivity index is 1.65. The van der Waals surface area contributed by atoms with Gasteiger partial charge in [0.15, 0.2) is 11.5 Å². The predicted molar refractivity (Wildman–Crippen MR) is 116 cm³/mol. The molecule has 29 heavy (non-hydrogen) atoms. The largest absolute Gasteiger partial charge is 0.460 e. The molecule has 0 aliphatic carbocycles. The molecule has 3 heterocycles. The van der Waals surface area contributed by atoms with Crippen molar-refractivity contribution in [2.45, 2.75) is 84.9 Å². The summed E-state index contributed by atoms with van der Waals surface area (Å²) in [4.78, 5) is 26.5. The number of rotatable bonds is 9. The molecule has 3 rings (SSSR count). The minimum atomic E-state index is -0.186. The number of H-pyrrole nitrogens is 1. The van der Waals surface area contributed by atoms with E-state index >= 15 is 0 Å². The molecule has 1 aliphatic heterocycles. The van der Waals surface area contributed by atoms with Gasteiger partial charge >= 0.3 is 11.7 Å². The number of fused-ring (bicyclic) bond motifs is 1. The third-order valence-corrected chi connectivity index (χ3v) is 6.01. The van der Waals surface area contributed by atoms with Crippen LogP contribution in [-0.4, -0.2) is 49.7 Å². The number of aromatic amines is 1. The predicted octanol–water partition coefficient (Wildman–Crippen LogP) is 3.17. The van der Waals surface area contributed by atoms with Crippen molar-refractivity contribution in [3.63, 3.8) is 0 Å². The van der Waals surface area contributed by atoms with Crippen molar-refractivity contribution in [3.05, 3.63) is 10.5 Å². The summed E-state index contributed by atoms with van der Waals surface area (Å²) in [6.45, 7) is 11.6. The summed E-state index contributed by atoms with van der Waals surface area (Å²) in [5.41, 5.74) is 6.90. The van der Waals surface area contributed by atoms with Crippen LogP contribution in [0.2, 0.25) is 0 Å². The number of piperidine rings is 1. The maximum Gasteiger partial charge on any atom is 0.327 e. The molecule has 8 nitrogen and oxygen atoms in total. The van der Waals surface area contributed by atoms with Gasteiger partial charge in [-0.15, -0.1) is 0 Å². The average molecular weight is 405 g/mol. The number of likely N-dealkylation sites (tertiary alicyclic amines) is 1. The number of hydrogen-bond donors (Lipinski definition) is 2. The van der Waals surface area contributed by atoms with E-state index in [1.165, 1.54) is 25.9 Å². The monoisotopic (exact) mass is 404 g/mol. The Labute approximate surface area is 172 Å². The van der Waals surface area contributed by atoms with E-state index in [1.54, 1.807) is 4.57 Å². The van der Waals surface area contributed by atoms with Crippen LogP contribution in [0.5, 0.6) is 6.01 Å². The van der Waals surface area contributed by atoms with Crippen molar-refractivity contribution in [1.29, 1.82) is 0 Å². The summed E-state index contributed by atoms with van der Waals surface area (Å²) in [7, 11) is 0. The fraction of sp³-hybridized carbons (Fsp3) is 0.762. The van der Waals surface area contributed by atoms with Gasteiger partial charge in [-0.25, -0.2) is 4.79 Å². The van der Waals surface area contributed by atoms with Gasteiger partial charge in [0.25, 0.3) is 0 Å². The van der Waals surface area contributed by atoms with E-state index in [4.69, 9.17) is 10.5 Å². The van der Waals surface area contributed by atoms with Crippen LogP contribution < -0.4 is 16.2 Å². The van der Waals surface area contributed by atoms with E-state index in [0.717, 1.165) is 31.6 Å². The van der Waals surface area contributed by atoms with Crippen LogP contribution in [-0.2, 0) is 6.54 Å². The van der Waals surface area contributed by atoms with Gasteiger partial charge in [0.1, 0.15) is 5.52 Å². The number of nitrogens with two attached hydrogens (primary N) is 1. The second-order valence-corrected chi connectivity index (χ2v) is 8.60. The molecule has 2 aromatic heterocycles. The third kappa shape index (κ3) is 5.29. The normalized spacial score (nSPS) is 17.3. The van der Waals surface area contributed by atoms with Crippen molar-refractivity contribution < 1.29 is 4.74 Å². The Morgan fingerprint density at radius 2 is 1.97 bits per heavy atom. The van der Waals surface area contributed by atoms with E-state index in [1.807, 2.05) is 6.92 Å². The summed E-state index contributed by atoms with van der Waals surface area (Å²) in [6.07, 6.45) is 6.49. The molecule has 0 amide bonds. The Kier molecular flexibility index (Phi) is 7.16. The first-order valence-electron chi connectivity index (χ1n) is 11.1. The lowest BCUT2D eigenvalue weighted by molar-refractivity contribution is 0.144. The lowest BCUT2D eigenvalue weighted by atomic mass is 9.91. The number of anilines is 1. The molecule has 0 aromatic carbocycles. The van der Waals surface area contributed by atoms with E-state index in [9.17, 15) is 4.79 Å². The highest BCUT2D eigenvalue weighted by Gasteiger charge is 2.21. The van der Waals surface area contributed by atoms with Crippen LogP contribution in [0.3, 0.4) is 0 Å². The summed E-state index contributed by atoms with van der Waals surface area (Å²) in [5, 5.41) is 0. The first-order valence-corrected chi connectivity index (χ1v) is 11.1. The van der Waals surface area contributed by atoms with Crippen molar-refractivity contribution in [3.8, 4) is 6.01 Å². The maximum atomic E-state index is 12.5. The molecule has 3 N–H and O–H groups in total. The Morgan fingerprint density at radius 1 is 1.24 bits per heavy atom. The summed E-state index contributed by atoms with van der Waals surface area (Å²) >= 11 is 0. The zero-order valence-corrected chi connectivity index (χ0v) is 18.3. The molecular weight excluding hydrogens is 368 g/mol. The zero-order chi connectivity index (χ0) is 21.0. The van der Waals surface area contributed by atoms with Gasteiger partial charge < -0.3 is 20.4 Å². The van der Waals surface area contributed by atoms with Crippen molar-refractivity contribution >= 4 is 17.0 Å². The first kappa shape index (κ1) is 21.6. The van der Waals surface area contributed by atoms with Gasteiger partial charge in [-0.2, -0.15) is 9.97 Å². The first-order chi connectivity index (χ1) is 13.9. The molecule has 1 fully saturated rings. The van der Waals surface area contributed by atoms with E-state index < -0.39 is 0 Å². The number of aryl methyl sites for hydroxylation is 1. The van der Waals surface area contributed by atoms with Gasteiger partial charge in [-0.1, -0.05) is 13.3 Å². The van der Waals surface area contributed by atoms with Gasteiger partial charge in [-0.05, 0) is 71.9 Å². The number of imidazole rings is 1. The maximum absolute atomic E-state index is 12.5. The second kappa shape index (κ2) is 9.61. The van der Waals surface area contributed by atoms with Gasteiger partial charge in [-0.3, -0.25) is 4.57 Å². The minimum Gasteiger partial charge on any atom is -0.460 e. The highest BCUT2D eigenvalue weighted by Crippen LogP contribution is 2.24. The quantitative estimate of drug-likeness (QED) is 0.665. The topological polar surface area (TPSA) is 102 Å². The van der Waals surface area contributed by atoms with Gasteiger partial charge in [0.2, 0.25) is 0 Å². The average Bonchev–Trinajstić information content (AvgIpc) is 2.99. The molecule has 0 spiro atoms. The van der Waals surface area contributed by atoms with Crippen LogP contribution in [0.4, 0.5) is 5.82 Å². The van der Waals surface area contributed by atoms with Crippen LogP contribution in [0.25, 0.3) is 11.2 Å². The molecule has 8 heteroatoms. The minimum absolute atomic E-state index is 0.00710. The van der Waals surface area contributed by atoms with Crippen LogP contribution >= 0.6 is 0 Å². The van der Waals surface area contributed by atoms with Crippen molar-refractivity contribution in [2.24, 2.45) is 5.92 Å². The number of ether oxygens (including phenoxy) is 1. The van der Waals surface area contributed by atoms with Crippen molar-refractivity contribution in [1.82, 2.24) is 24.4 Å². The summed E-state index contributed by atoms with van der Waals surface area (Å²) in [6, 6.07) is 0.868. The SMILES string of the molecule is CCC[C@H](C)Oc1nc(N)c2[nH]c(=O)n(CCCC3CCN(C(C)C)CC3)c2n1. The van der Waals surface area contributed by atoms with Crippen LogP contribution in [0.1, 0.15) is 66.2 Å². The molecular formula is C21H36N6O2. The Bertz CT molecular complexity index is 851. The smallest absolute Gasteiger partial charge is 0.327 e. The number of nitrogens with one attached hydrogen (secondary N) is 1. The molecule has 0 unspecified atom stereocenters. The standard InChI is InChI=1S/C21H36N6O2/c1-5-7-15(4)29-20-24-18(22)17-19(25-20)27(21(28)23-17)11-6-8-16-9-12-26(13-10-16)14(2)3/h14-16H,5-13H2,1-4H3,(H,23,28)(H2,22,24,25)/t15-/m0/s1. The lowest BCUT2D eigenvalue weighted by Gasteiger charge is -2.34. The third-order valence-electron chi connectivity index (χ3n) is 6.01. The molecule has 2 aromatic rings. The highest BCUT2D eigenvalue weighted by molar-refractivity contribution is 5.81. The number of aromatic nitrogens is 4. The number of nitrogen functional groups attached to an aromatic ring is 1. The van der Waals surface area contributed by atoms with E-state index in [0.29, 0.717) is 23.8 Å². The van der Waals surface area contributed by atoms with Gasteiger partial charge in [0.05, 0.1) is 6.10 Å². The highest BCUT2D eigenvalue weighted by atomic mass is 16.5. The van der Waals surface area contributed by atoms with Crippen molar-refractivity contribution in [2.75, 3.05) is 18.8 Å². The van der Waals surface area contributed by atoms with E-state index in [2.05, 4.69) is 40.6 Å². The zero-order valence-electron chi connectivity index (χ0n) is 18.3. The fourth-order valence-electron chi connectivity index (χ4n) is 4.23. The molecule has 0 radical (unpaired) electrons. The number of hydrogen-bond acceptors (Lipinski definition) is 6. The second-order valence-electron chi connectivity index (χ2n) is 8.60. The fourth-order valence-corrected chi connectivity index (χ4v) is 4.23. The molecule has 0 saturated carbocycles. The lowest BCUT2D eigenvalue weighted by Crippen LogP contribution is -2.38. The molecule has 0 bridgehead atoms. The molecule has 1 saturated heterocycles. The Hall–Kier alpha value is -2.09. The number of nitrogens with zero attached hydrogens (tertiary/aromatic N) is 4. The summed E-state index contributed by atoms with van der Waals surface area (Å²) in [5.74, 6) is 0.991. The van der Waals surface area contributed by atoms with E-state index in [-0.39, 0.29) is 23.6 Å². The van der Waals surface area contributed by atoms with Gasteiger partial charge in [0, 0.05) is 12.6 Å². The molecule has 1 atom stereocenters. The van der Waals surface area contributed by atoms with Crippen LogP contribution in [0.15, 0.2) is 4.79 Å². The molecule has 162 valence electrons. The summed E-state index contributed by atoms with van der Waals surface area (Å²) < 4.78 is 7.48. The molecule has 1 aliphatic rings.